The van der Waals surface area contributed by atoms with Crippen molar-refractivity contribution in [3.63, 3.8) is 0 Å². The topological polar surface area (TPSA) is 60.7 Å². The van der Waals surface area contributed by atoms with Gasteiger partial charge in [0.15, 0.2) is 5.82 Å². The van der Waals surface area contributed by atoms with Crippen LogP contribution in [0.2, 0.25) is 0 Å². The number of tetrazole rings is 1. The molecule has 0 N–H and O–H groups in total. The van der Waals surface area contributed by atoms with Crippen molar-refractivity contribution >= 4 is 5.78 Å². The summed E-state index contributed by atoms with van der Waals surface area (Å²) >= 11 is 0. The van der Waals surface area contributed by atoms with Gasteiger partial charge < -0.3 is 0 Å². The standard InChI is InChI=1S/C41H37N4O/c46-39-26-16-2-1-7-19-33(39)29-31-27-28-37(32-17-8-3-9-18-32)38(30-31)40-42-43-44-45(40)41(34-20-10-4-11-21-34,35-22-12-5-13-23-35)36-24-14-6-15-25-36/h3-15,17-18,20-25,27-28,30,33H,1-2,16,19,26,29H2. The van der Waals surface area contributed by atoms with E-state index in [1.165, 1.54) is 0 Å². The van der Waals surface area contributed by atoms with Gasteiger partial charge in [0.05, 0.1) is 0 Å². The molecule has 0 saturated heterocycles. The van der Waals surface area contributed by atoms with Gasteiger partial charge in [0.1, 0.15) is 11.3 Å². The highest BCUT2D eigenvalue weighted by Gasteiger charge is 2.42. The van der Waals surface area contributed by atoms with Crippen molar-refractivity contribution in [1.29, 1.82) is 0 Å². The minimum Gasteiger partial charge on any atom is -0.299 e. The molecule has 0 bridgehead atoms. The summed E-state index contributed by atoms with van der Waals surface area (Å²) in [7, 11) is 0. The molecule has 0 amide bonds. The molecule has 227 valence electrons. The maximum atomic E-state index is 13.2. The molecule has 6 aromatic rings. The Labute approximate surface area is 271 Å². The van der Waals surface area contributed by atoms with Crippen molar-refractivity contribution in [1.82, 2.24) is 20.2 Å². The van der Waals surface area contributed by atoms with Gasteiger partial charge in [0, 0.05) is 17.9 Å². The van der Waals surface area contributed by atoms with Crippen molar-refractivity contribution in [3.8, 4) is 22.5 Å². The number of nitrogens with zero attached hydrogens (tertiary/aromatic N) is 4. The highest BCUT2D eigenvalue weighted by atomic mass is 16.1. The van der Waals surface area contributed by atoms with Crippen molar-refractivity contribution in [3.05, 3.63) is 168 Å². The number of carbonyl (C=O) groups excluding carboxylic acids is 1. The second-order valence-corrected chi connectivity index (χ2v) is 12.1. The van der Waals surface area contributed by atoms with Crippen molar-refractivity contribution in [2.45, 2.75) is 44.1 Å². The number of ketones is 1. The first-order chi connectivity index (χ1) is 22.7. The van der Waals surface area contributed by atoms with Gasteiger partial charge in [-0.3, -0.25) is 4.79 Å². The Bertz CT molecular complexity index is 1790. The zero-order valence-corrected chi connectivity index (χ0v) is 25.9. The first-order valence-electron chi connectivity index (χ1n) is 16.2. The largest absolute Gasteiger partial charge is 0.299 e. The van der Waals surface area contributed by atoms with Gasteiger partial charge in [0.25, 0.3) is 0 Å². The van der Waals surface area contributed by atoms with Crippen molar-refractivity contribution in [2.75, 3.05) is 0 Å². The molecule has 5 heteroatoms. The molecule has 0 aliphatic heterocycles. The van der Waals surface area contributed by atoms with Crippen LogP contribution in [0.3, 0.4) is 0 Å². The second kappa shape index (κ2) is 13.5. The van der Waals surface area contributed by atoms with E-state index in [1.54, 1.807) is 0 Å². The van der Waals surface area contributed by atoms with Crippen LogP contribution in [0, 0.1) is 12.3 Å². The summed E-state index contributed by atoms with van der Waals surface area (Å²) in [6.07, 6.45) is 7.64. The van der Waals surface area contributed by atoms with E-state index < -0.39 is 5.54 Å². The minimum atomic E-state index is -0.864. The van der Waals surface area contributed by atoms with Gasteiger partial charge in [-0.25, -0.2) is 4.68 Å². The monoisotopic (exact) mass is 601 g/mol. The predicted molar refractivity (Wildman–Crippen MR) is 183 cm³/mol. The second-order valence-electron chi connectivity index (χ2n) is 12.1. The Hall–Kier alpha value is -5.16. The molecular weight excluding hydrogens is 564 g/mol. The van der Waals surface area contributed by atoms with Crippen LogP contribution in [0.15, 0.2) is 140 Å². The lowest BCUT2D eigenvalue weighted by Crippen LogP contribution is -2.39. The third-order valence-electron chi connectivity index (χ3n) is 9.24. The highest BCUT2D eigenvalue weighted by molar-refractivity contribution is 5.83. The average molecular weight is 602 g/mol. The number of rotatable bonds is 8. The number of benzene rings is 5. The molecule has 1 unspecified atom stereocenters. The highest BCUT2D eigenvalue weighted by Crippen LogP contribution is 2.43. The summed E-state index contributed by atoms with van der Waals surface area (Å²) in [4.78, 5) is 13.2. The Morgan fingerprint density at radius 3 is 1.87 bits per heavy atom. The molecule has 1 radical (unpaired) electrons. The van der Waals surface area contributed by atoms with Gasteiger partial charge in [0.2, 0.25) is 0 Å². The van der Waals surface area contributed by atoms with Crippen LogP contribution in [0.4, 0.5) is 0 Å². The summed E-state index contributed by atoms with van der Waals surface area (Å²) in [5.74, 6) is 1.02. The number of carbonyl (C=O) groups is 1. The van der Waals surface area contributed by atoms with E-state index in [0.29, 0.717) is 24.4 Å². The van der Waals surface area contributed by atoms with E-state index in [4.69, 9.17) is 10.3 Å². The maximum absolute atomic E-state index is 13.2. The summed E-state index contributed by atoms with van der Waals surface area (Å²) < 4.78 is 1.99. The van der Waals surface area contributed by atoms with E-state index in [-0.39, 0.29) is 5.92 Å². The Balaban J connectivity index is 1.46. The Morgan fingerprint density at radius 1 is 0.674 bits per heavy atom. The van der Waals surface area contributed by atoms with Gasteiger partial charge in [-0.1, -0.05) is 146 Å². The molecular formula is C41H37N4O. The molecule has 7 rings (SSSR count). The fourth-order valence-electron chi connectivity index (χ4n) is 6.98. The normalized spacial score (nSPS) is 15.7. The van der Waals surface area contributed by atoms with E-state index in [0.717, 1.165) is 64.6 Å². The zero-order chi connectivity index (χ0) is 31.2. The fourth-order valence-corrected chi connectivity index (χ4v) is 6.98. The van der Waals surface area contributed by atoms with Crippen molar-refractivity contribution in [2.24, 2.45) is 5.92 Å². The molecule has 1 fully saturated rings. The first-order valence-corrected chi connectivity index (χ1v) is 16.2. The summed E-state index contributed by atoms with van der Waals surface area (Å²) in [6, 6.07) is 48.4. The van der Waals surface area contributed by atoms with Crippen LogP contribution in [0.25, 0.3) is 22.5 Å². The third kappa shape index (κ3) is 5.69. The number of hydrogen-bond acceptors (Lipinski definition) is 4. The van der Waals surface area contributed by atoms with Crippen LogP contribution >= 0.6 is 0 Å². The lowest BCUT2D eigenvalue weighted by atomic mass is 9.76. The van der Waals surface area contributed by atoms with Crippen LogP contribution in [0.5, 0.6) is 0 Å². The molecule has 1 heterocycles. The average Bonchev–Trinajstić information content (AvgIpc) is 3.60. The molecule has 0 spiro atoms. The van der Waals surface area contributed by atoms with Crippen LogP contribution < -0.4 is 0 Å². The van der Waals surface area contributed by atoms with Crippen LogP contribution in [-0.2, 0) is 16.8 Å². The van der Waals surface area contributed by atoms with E-state index >= 15 is 0 Å². The Morgan fingerprint density at radius 2 is 1.26 bits per heavy atom. The molecule has 1 atom stereocenters. The van der Waals surface area contributed by atoms with Gasteiger partial charge in [-0.2, -0.15) is 0 Å². The lowest BCUT2D eigenvalue weighted by Gasteiger charge is -2.36. The summed E-state index contributed by atoms with van der Waals surface area (Å²) in [5, 5.41) is 13.9. The minimum absolute atomic E-state index is 0.0104. The SMILES string of the molecule is O=C1CCCC[CH]CC1Cc1ccc(-c2ccccc2)c(-c2nnnn2C(c2ccccc2)(c2ccccc2)c2ccccc2)c1. The molecule has 1 aliphatic rings. The summed E-state index contributed by atoms with van der Waals surface area (Å²) in [6.45, 7) is 0. The summed E-state index contributed by atoms with van der Waals surface area (Å²) in [5.41, 5.74) is 6.45. The smallest absolute Gasteiger partial charge is 0.184 e. The quantitative estimate of drug-likeness (QED) is 0.164. The molecule has 1 aromatic heterocycles. The maximum Gasteiger partial charge on any atom is 0.184 e. The zero-order valence-electron chi connectivity index (χ0n) is 25.9. The first kappa shape index (κ1) is 29.5. The van der Waals surface area contributed by atoms with Gasteiger partial charge >= 0.3 is 0 Å². The molecule has 1 saturated carbocycles. The molecule has 1 aliphatic carbocycles. The van der Waals surface area contributed by atoms with Crippen LogP contribution in [0.1, 0.15) is 54.4 Å². The molecule has 46 heavy (non-hydrogen) atoms. The van der Waals surface area contributed by atoms with E-state index in [2.05, 4.69) is 127 Å². The van der Waals surface area contributed by atoms with Gasteiger partial charge in [-0.05, 0) is 75.6 Å². The van der Waals surface area contributed by atoms with E-state index in [1.807, 2.05) is 28.9 Å². The molecule has 5 nitrogen and oxygen atoms in total. The van der Waals surface area contributed by atoms with E-state index in [9.17, 15) is 4.79 Å². The van der Waals surface area contributed by atoms with Gasteiger partial charge in [-0.15, -0.1) is 5.10 Å². The number of hydrogen-bond donors (Lipinski definition) is 0. The third-order valence-corrected chi connectivity index (χ3v) is 9.24. The van der Waals surface area contributed by atoms with Crippen LogP contribution in [-0.4, -0.2) is 26.0 Å². The number of aromatic nitrogens is 4. The predicted octanol–water partition coefficient (Wildman–Crippen LogP) is 8.74. The molecule has 5 aromatic carbocycles. The van der Waals surface area contributed by atoms with Crippen molar-refractivity contribution < 1.29 is 4.79 Å². The lowest BCUT2D eigenvalue weighted by molar-refractivity contribution is -0.123. The fraction of sp³-hybridized carbons (Fsp3) is 0.195. The Kier molecular flexibility index (Phi) is 8.64. The number of Topliss-reactive ketones (excluding diaryl/α,β-unsaturated/α-hetero) is 1.